The average Bonchev–Trinajstić information content (AvgIpc) is 2.26. The molecular weight excluding hydrogens is 243 g/mol. The first-order valence-electron chi connectivity index (χ1n) is 5.77. The predicted octanol–water partition coefficient (Wildman–Crippen LogP) is 4.39. The first-order chi connectivity index (χ1) is 7.58. The summed E-state index contributed by atoms with van der Waals surface area (Å²) in [5.74, 6) is 2.09. The lowest BCUT2D eigenvalue weighted by Gasteiger charge is -2.25. The minimum Gasteiger partial charge on any atom is -0.221 e. The molecule has 1 saturated carbocycles. The fraction of sp³-hybridized carbons (Fsp3) is 0.667. The summed E-state index contributed by atoms with van der Waals surface area (Å²) in [6.45, 7) is 4.14. The van der Waals surface area contributed by atoms with E-state index in [4.69, 9.17) is 23.2 Å². The first-order valence-corrected chi connectivity index (χ1v) is 6.53. The van der Waals surface area contributed by atoms with Crippen molar-refractivity contribution in [1.29, 1.82) is 0 Å². The summed E-state index contributed by atoms with van der Waals surface area (Å²) in [4.78, 5) is 8.70. The maximum Gasteiger partial charge on any atom is 0.137 e. The number of hydrogen-bond acceptors (Lipinski definition) is 2. The highest BCUT2D eigenvalue weighted by molar-refractivity contribution is 6.34. The second-order valence-electron chi connectivity index (χ2n) is 4.75. The zero-order chi connectivity index (χ0) is 11.7. The van der Waals surface area contributed by atoms with Gasteiger partial charge in [-0.05, 0) is 25.7 Å². The number of hydrogen-bond donors (Lipinski definition) is 0. The highest BCUT2D eigenvalue weighted by Gasteiger charge is 2.23. The largest absolute Gasteiger partial charge is 0.221 e. The van der Waals surface area contributed by atoms with Crippen molar-refractivity contribution in [2.75, 3.05) is 0 Å². The Morgan fingerprint density at radius 1 is 1.00 bits per heavy atom. The Hall–Kier alpha value is -0.340. The van der Waals surface area contributed by atoms with Gasteiger partial charge in [0, 0.05) is 11.5 Å². The van der Waals surface area contributed by atoms with E-state index in [1.807, 2.05) is 6.92 Å². The Morgan fingerprint density at radius 3 is 2.00 bits per heavy atom. The van der Waals surface area contributed by atoms with E-state index in [-0.39, 0.29) is 0 Å². The topological polar surface area (TPSA) is 25.8 Å². The fourth-order valence-corrected chi connectivity index (χ4v) is 2.58. The second kappa shape index (κ2) is 4.89. The van der Waals surface area contributed by atoms with Crippen LogP contribution in [0.2, 0.25) is 10.3 Å². The maximum absolute atomic E-state index is 6.03. The van der Waals surface area contributed by atoms with Gasteiger partial charge in [-0.25, -0.2) is 9.97 Å². The lowest BCUT2D eigenvalue weighted by Crippen LogP contribution is -2.14. The summed E-state index contributed by atoms with van der Waals surface area (Å²) in [6.07, 6.45) is 4.79. The minimum atomic E-state index is 0.437. The zero-order valence-electron chi connectivity index (χ0n) is 9.63. The van der Waals surface area contributed by atoms with Gasteiger partial charge in [0.25, 0.3) is 0 Å². The van der Waals surface area contributed by atoms with Gasteiger partial charge >= 0.3 is 0 Å². The standard InChI is InChI=1S/C12H16Cl2N2/c1-7-3-5-9(6-4-7)12-15-10(13)8(2)11(14)16-12/h7,9H,3-6H2,1-2H3. The van der Waals surface area contributed by atoms with Crippen molar-refractivity contribution < 1.29 is 0 Å². The molecule has 0 aromatic carbocycles. The van der Waals surface area contributed by atoms with Crippen LogP contribution in [0.25, 0.3) is 0 Å². The van der Waals surface area contributed by atoms with Crippen molar-refractivity contribution in [2.45, 2.75) is 45.4 Å². The fourth-order valence-electron chi connectivity index (χ4n) is 2.18. The molecule has 0 unspecified atom stereocenters. The Balaban J connectivity index is 2.21. The third-order valence-electron chi connectivity index (χ3n) is 3.43. The van der Waals surface area contributed by atoms with Crippen LogP contribution in [0.3, 0.4) is 0 Å². The highest BCUT2D eigenvalue weighted by atomic mass is 35.5. The molecular formula is C12H16Cl2N2. The Kier molecular flexibility index (Phi) is 3.70. The lowest BCUT2D eigenvalue weighted by molar-refractivity contribution is 0.339. The van der Waals surface area contributed by atoms with Crippen LogP contribution >= 0.6 is 23.2 Å². The monoisotopic (exact) mass is 258 g/mol. The van der Waals surface area contributed by atoms with Gasteiger partial charge in [-0.2, -0.15) is 0 Å². The maximum atomic E-state index is 6.03. The van der Waals surface area contributed by atoms with E-state index in [9.17, 15) is 0 Å². The lowest BCUT2D eigenvalue weighted by atomic mass is 9.82. The van der Waals surface area contributed by atoms with Crippen molar-refractivity contribution in [3.63, 3.8) is 0 Å². The van der Waals surface area contributed by atoms with E-state index in [1.54, 1.807) is 0 Å². The molecule has 1 aliphatic carbocycles. The molecule has 16 heavy (non-hydrogen) atoms. The van der Waals surface area contributed by atoms with Crippen LogP contribution in [-0.4, -0.2) is 9.97 Å². The van der Waals surface area contributed by atoms with Crippen molar-refractivity contribution in [3.8, 4) is 0 Å². The van der Waals surface area contributed by atoms with Crippen molar-refractivity contribution in [3.05, 3.63) is 21.7 Å². The van der Waals surface area contributed by atoms with E-state index in [1.165, 1.54) is 12.8 Å². The number of aromatic nitrogens is 2. The smallest absolute Gasteiger partial charge is 0.137 e. The van der Waals surface area contributed by atoms with Gasteiger partial charge in [-0.1, -0.05) is 43.0 Å². The summed E-state index contributed by atoms with van der Waals surface area (Å²) in [5, 5.41) is 0.988. The minimum absolute atomic E-state index is 0.437. The molecule has 0 N–H and O–H groups in total. The molecule has 0 radical (unpaired) electrons. The molecule has 0 bridgehead atoms. The van der Waals surface area contributed by atoms with Gasteiger partial charge in [-0.15, -0.1) is 0 Å². The molecule has 0 saturated heterocycles. The van der Waals surface area contributed by atoms with Crippen molar-refractivity contribution in [1.82, 2.24) is 9.97 Å². The Bertz CT molecular complexity index is 362. The van der Waals surface area contributed by atoms with Crippen molar-refractivity contribution in [2.24, 2.45) is 5.92 Å². The molecule has 88 valence electrons. The molecule has 1 heterocycles. The van der Waals surface area contributed by atoms with Crippen LogP contribution in [0.15, 0.2) is 0 Å². The molecule has 4 heteroatoms. The Morgan fingerprint density at radius 2 is 1.50 bits per heavy atom. The molecule has 2 nitrogen and oxygen atoms in total. The summed E-state index contributed by atoms with van der Waals surface area (Å²) >= 11 is 12.1. The Labute approximate surface area is 106 Å². The molecule has 0 amide bonds. The molecule has 1 aromatic rings. The molecule has 0 spiro atoms. The molecule has 0 aliphatic heterocycles. The van der Waals surface area contributed by atoms with Gasteiger partial charge in [0.1, 0.15) is 16.1 Å². The summed E-state index contributed by atoms with van der Waals surface area (Å²) < 4.78 is 0. The summed E-state index contributed by atoms with van der Waals surface area (Å²) in [6, 6.07) is 0. The van der Waals surface area contributed by atoms with Gasteiger partial charge in [-0.3, -0.25) is 0 Å². The van der Waals surface area contributed by atoms with E-state index in [0.29, 0.717) is 16.2 Å². The average molecular weight is 259 g/mol. The van der Waals surface area contributed by atoms with Crippen LogP contribution < -0.4 is 0 Å². The summed E-state index contributed by atoms with van der Waals surface area (Å²) in [7, 11) is 0. The van der Waals surface area contributed by atoms with Crippen LogP contribution in [0.5, 0.6) is 0 Å². The zero-order valence-corrected chi connectivity index (χ0v) is 11.1. The van der Waals surface area contributed by atoms with Crippen molar-refractivity contribution >= 4 is 23.2 Å². The molecule has 1 aliphatic rings. The third-order valence-corrected chi connectivity index (χ3v) is 4.16. The van der Waals surface area contributed by atoms with Crippen LogP contribution in [-0.2, 0) is 0 Å². The quantitative estimate of drug-likeness (QED) is 0.699. The van der Waals surface area contributed by atoms with E-state index in [2.05, 4.69) is 16.9 Å². The number of rotatable bonds is 1. The first kappa shape index (κ1) is 12.1. The van der Waals surface area contributed by atoms with Gasteiger partial charge < -0.3 is 0 Å². The molecule has 0 atom stereocenters. The molecule has 1 aromatic heterocycles. The van der Waals surface area contributed by atoms with E-state index < -0.39 is 0 Å². The molecule has 2 rings (SSSR count). The molecule has 1 fully saturated rings. The van der Waals surface area contributed by atoms with E-state index >= 15 is 0 Å². The third kappa shape index (κ3) is 2.49. The normalized spacial score (nSPS) is 25.8. The second-order valence-corrected chi connectivity index (χ2v) is 5.46. The highest BCUT2D eigenvalue weighted by Crippen LogP contribution is 2.35. The van der Waals surface area contributed by atoms with Crippen LogP contribution in [0.1, 0.15) is 49.9 Å². The summed E-state index contributed by atoms with van der Waals surface area (Å²) in [5.41, 5.74) is 0.774. The number of halogens is 2. The van der Waals surface area contributed by atoms with E-state index in [0.717, 1.165) is 30.1 Å². The number of nitrogens with zero attached hydrogens (tertiary/aromatic N) is 2. The van der Waals surface area contributed by atoms with Gasteiger partial charge in [0.05, 0.1) is 0 Å². The van der Waals surface area contributed by atoms with Gasteiger partial charge in [0.2, 0.25) is 0 Å². The van der Waals surface area contributed by atoms with Gasteiger partial charge in [0.15, 0.2) is 0 Å². The predicted molar refractivity (Wildman–Crippen MR) is 67.2 cm³/mol. The SMILES string of the molecule is Cc1c(Cl)nc(C2CCC(C)CC2)nc1Cl. The van der Waals surface area contributed by atoms with Crippen LogP contribution in [0, 0.1) is 12.8 Å². The van der Waals surface area contributed by atoms with Crippen LogP contribution in [0.4, 0.5) is 0 Å².